The number of hydrogen-bond acceptors (Lipinski definition) is 5. The summed E-state index contributed by atoms with van der Waals surface area (Å²) in [6.45, 7) is 0.204. The van der Waals surface area contributed by atoms with Gasteiger partial charge in [0.05, 0.1) is 0 Å². The molecular weight excluding hydrogens is 318 g/mol. The van der Waals surface area contributed by atoms with Crippen LogP contribution in [0.4, 0.5) is 0 Å². The van der Waals surface area contributed by atoms with Crippen LogP contribution in [0.3, 0.4) is 0 Å². The highest BCUT2D eigenvalue weighted by molar-refractivity contribution is 5.95. The van der Waals surface area contributed by atoms with Gasteiger partial charge in [0.25, 0.3) is 5.91 Å². The van der Waals surface area contributed by atoms with Crippen molar-refractivity contribution in [2.24, 2.45) is 0 Å². The molecule has 4 rings (SSSR count). The minimum atomic E-state index is -0.240. The van der Waals surface area contributed by atoms with Gasteiger partial charge in [-0.1, -0.05) is 53.7 Å². The molecule has 0 saturated heterocycles. The molecular formula is C19H15N3O3. The number of nitrogens with zero attached hydrogens (tertiary/aromatic N) is 3. The Hall–Kier alpha value is -3.41. The fraction of sp³-hybridized carbons (Fsp3) is 0.105. The molecule has 0 radical (unpaired) electrons. The van der Waals surface area contributed by atoms with Crippen LogP contribution in [-0.4, -0.2) is 28.0 Å². The van der Waals surface area contributed by atoms with Gasteiger partial charge in [0.2, 0.25) is 11.7 Å². The van der Waals surface area contributed by atoms with Gasteiger partial charge in [-0.3, -0.25) is 4.79 Å². The number of amides is 1. The Kier molecular flexibility index (Phi) is 3.78. The molecule has 0 N–H and O–H groups in total. The van der Waals surface area contributed by atoms with E-state index in [0.29, 0.717) is 17.3 Å². The minimum absolute atomic E-state index is 0.204. The van der Waals surface area contributed by atoms with Gasteiger partial charge in [0, 0.05) is 18.0 Å². The predicted octanol–water partition coefficient (Wildman–Crippen LogP) is 3.76. The summed E-state index contributed by atoms with van der Waals surface area (Å²) in [7, 11) is 1.67. The molecule has 6 heteroatoms. The van der Waals surface area contributed by atoms with Gasteiger partial charge in [-0.25, -0.2) is 0 Å². The fourth-order valence-corrected chi connectivity index (χ4v) is 2.57. The molecule has 2 heterocycles. The third-order valence-corrected chi connectivity index (χ3v) is 3.86. The normalized spacial score (nSPS) is 10.9. The predicted molar refractivity (Wildman–Crippen MR) is 91.7 cm³/mol. The third kappa shape index (κ3) is 3.01. The van der Waals surface area contributed by atoms with E-state index < -0.39 is 0 Å². The summed E-state index contributed by atoms with van der Waals surface area (Å²) in [5.74, 6) is 0.910. The molecule has 0 bridgehead atoms. The maximum atomic E-state index is 12.5. The molecule has 0 aliphatic carbocycles. The summed E-state index contributed by atoms with van der Waals surface area (Å²) >= 11 is 0. The minimum Gasteiger partial charge on any atom is -0.451 e. The fourth-order valence-electron chi connectivity index (χ4n) is 2.57. The maximum Gasteiger partial charge on any atom is 0.289 e. The molecule has 0 saturated carbocycles. The first kappa shape index (κ1) is 15.1. The van der Waals surface area contributed by atoms with Crippen LogP contribution in [0.25, 0.3) is 22.4 Å². The first-order valence-corrected chi connectivity index (χ1v) is 7.83. The molecule has 0 fully saturated rings. The van der Waals surface area contributed by atoms with E-state index in [2.05, 4.69) is 10.1 Å². The Bertz CT molecular complexity index is 988. The van der Waals surface area contributed by atoms with Crippen LogP contribution in [0.2, 0.25) is 0 Å². The van der Waals surface area contributed by atoms with Gasteiger partial charge in [0.1, 0.15) is 12.1 Å². The van der Waals surface area contributed by atoms with Gasteiger partial charge < -0.3 is 13.8 Å². The van der Waals surface area contributed by atoms with E-state index in [4.69, 9.17) is 8.94 Å². The summed E-state index contributed by atoms with van der Waals surface area (Å²) in [6, 6.07) is 18.8. The van der Waals surface area contributed by atoms with E-state index in [1.54, 1.807) is 13.1 Å². The third-order valence-electron chi connectivity index (χ3n) is 3.86. The van der Waals surface area contributed by atoms with Crippen LogP contribution < -0.4 is 0 Å². The first-order valence-electron chi connectivity index (χ1n) is 7.83. The Morgan fingerprint density at radius 2 is 1.84 bits per heavy atom. The smallest absolute Gasteiger partial charge is 0.289 e. The Balaban J connectivity index is 1.50. The van der Waals surface area contributed by atoms with Gasteiger partial charge >= 0.3 is 0 Å². The van der Waals surface area contributed by atoms with Gasteiger partial charge in [-0.05, 0) is 12.1 Å². The zero-order valence-electron chi connectivity index (χ0n) is 13.5. The van der Waals surface area contributed by atoms with Crippen LogP contribution in [0, 0.1) is 0 Å². The highest BCUT2D eigenvalue weighted by Gasteiger charge is 2.19. The van der Waals surface area contributed by atoms with Crippen molar-refractivity contribution >= 4 is 16.9 Å². The molecule has 2 aromatic carbocycles. The zero-order chi connectivity index (χ0) is 17.2. The second-order valence-electron chi connectivity index (χ2n) is 5.69. The van der Waals surface area contributed by atoms with Gasteiger partial charge in [-0.2, -0.15) is 4.98 Å². The Morgan fingerprint density at radius 1 is 1.08 bits per heavy atom. The number of fused-ring (bicyclic) bond motifs is 1. The molecule has 0 spiro atoms. The SMILES string of the molecule is CN(Cc1nc(-c2ccccc2)no1)C(=O)c1cc2ccccc2o1. The molecule has 1 amide bonds. The van der Waals surface area contributed by atoms with Crippen molar-refractivity contribution < 1.29 is 13.7 Å². The van der Waals surface area contributed by atoms with E-state index in [1.165, 1.54) is 4.90 Å². The quantitative estimate of drug-likeness (QED) is 0.568. The number of benzene rings is 2. The lowest BCUT2D eigenvalue weighted by atomic mass is 10.2. The molecule has 6 nitrogen and oxygen atoms in total. The lowest BCUT2D eigenvalue weighted by Crippen LogP contribution is -2.25. The van der Waals surface area contributed by atoms with Crippen LogP contribution in [0.1, 0.15) is 16.4 Å². The van der Waals surface area contributed by atoms with E-state index in [9.17, 15) is 4.79 Å². The van der Waals surface area contributed by atoms with E-state index in [0.717, 1.165) is 10.9 Å². The number of hydrogen-bond donors (Lipinski definition) is 0. The number of carbonyl (C=O) groups is 1. The monoisotopic (exact) mass is 333 g/mol. The average Bonchev–Trinajstić information content (AvgIpc) is 3.28. The number of carbonyl (C=O) groups excluding carboxylic acids is 1. The van der Waals surface area contributed by atoms with Crippen LogP contribution in [-0.2, 0) is 6.54 Å². The van der Waals surface area contributed by atoms with Crippen molar-refractivity contribution in [3.8, 4) is 11.4 Å². The van der Waals surface area contributed by atoms with E-state index >= 15 is 0 Å². The highest BCUT2D eigenvalue weighted by Crippen LogP contribution is 2.21. The number of para-hydroxylation sites is 1. The van der Waals surface area contributed by atoms with Gasteiger partial charge in [0.15, 0.2) is 5.76 Å². The maximum absolute atomic E-state index is 12.5. The lowest BCUT2D eigenvalue weighted by molar-refractivity contribution is 0.0740. The first-order chi connectivity index (χ1) is 12.2. The van der Waals surface area contributed by atoms with Crippen molar-refractivity contribution in [1.29, 1.82) is 0 Å². The Labute approximate surface area is 143 Å². The van der Waals surface area contributed by atoms with Crippen molar-refractivity contribution in [3.05, 3.63) is 72.3 Å². The van der Waals surface area contributed by atoms with Crippen molar-refractivity contribution in [2.45, 2.75) is 6.54 Å². The van der Waals surface area contributed by atoms with E-state index in [1.807, 2.05) is 54.6 Å². The number of rotatable bonds is 4. The number of furan rings is 1. The molecule has 25 heavy (non-hydrogen) atoms. The Morgan fingerprint density at radius 3 is 2.64 bits per heavy atom. The molecule has 2 aromatic heterocycles. The molecule has 0 unspecified atom stereocenters. The molecule has 4 aromatic rings. The van der Waals surface area contributed by atoms with Crippen LogP contribution in [0.5, 0.6) is 0 Å². The lowest BCUT2D eigenvalue weighted by Gasteiger charge is -2.12. The molecule has 0 aliphatic rings. The molecule has 0 aliphatic heterocycles. The molecule has 0 atom stereocenters. The summed E-state index contributed by atoms with van der Waals surface area (Å²) in [6.07, 6.45) is 0. The second kappa shape index (κ2) is 6.24. The van der Waals surface area contributed by atoms with Crippen molar-refractivity contribution in [1.82, 2.24) is 15.0 Å². The molecule has 124 valence electrons. The van der Waals surface area contributed by atoms with Gasteiger partial charge in [-0.15, -0.1) is 0 Å². The van der Waals surface area contributed by atoms with Crippen LogP contribution >= 0.6 is 0 Å². The number of aromatic nitrogens is 2. The largest absolute Gasteiger partial charge is 0.451 e. The van der Waals surface area contributed by atoms with Crippen LogP contribution in [0.15, 0.2) is 69.6 Å². The topological polar surface area (TPSA) is 72.4 Å². The van der Waals surface area contributed by atoms with Crippen molar-refractivity contribution in [3.63, 3.8) is 0 Å². The van der Waals surface area contributed by atoms with Crippen molar-refractivity contribution in [2.75, 3.05) is 7.05 Å². The second-order valence-corrected chi connectivity index (χ2v) is 5.69. The summed E-state index contributed by atoms with van der Waals surface area (Å²) in [4.78, 5) is 18.4. The summed E-state index contributed by atoms with van der Waals surface area (Å²) < 4.78 is 10.9. The standard InChI is InChI=1S/C19H15N3O3/c1-22(19(23)16-11-14-9-5-6-10-15(14)24-16)12-17-20-18(21-25-17)13-7-3-2-4-8-13/h2-11H,12H2,1H3. The summed E-state index contributed by atoms with van der Waals surface area (Å²) in [5.41, 5.74) is 1.55. The highest BCUT2D eigenvalue weighted by atomic mass is 16.5. The average molecular weight is 333 g/mol. The van der Waals surface area contributed by atoms with E-state index in [-0.39, 0.29) is 18.2 Å². The summed E-state index contributed by atoms with van der Waals surface area (Å²) in [5, 5.41) is 4.85. The zero-order valence-corrected chi connectivity index (χ0v) is 13.5.